The molecular formula is C23H28N2O. The van der Waals surface area contributed by atoms with Gasteiger partial charge in [-0.2, -0.15) is 0 Å². The summed E-state index contributed by atoms with van der Waals surface area (Å²) >= 11 is 0. The van der Waals surface area contributed by atoms with Gasteiger partial charge in [0.2, 0.25) is 5.91 Å². The molecule has 2 aromatic carbocycles. The Morgan fingerprint density at radius 2 is 1.85 bits per heavy atom. The van der Waals surface area contributed by atoms with Gasteiger partial charge in [0.1, 0.15) is 0 Å². The molecule has 0 aliphatic heterocycles. The molecule has 0 radical (unpaired) electrons. The van der Waals surface area contributed by atoms with Crippen LogP contribution < -0.4 is 5.32 Å². The summed E-state index contributed by atoms with van der Waals surface area (Å²) in [6.45, 7) is 4.98. The van der Waals surface area contributed by atoms with Gasteiger partial charge in [-0.1, -0.05) is 61.4 Å². The van der Waals surface area contributed by atoms with E-state index in [4.69, 9.17) is 0 Å². The lowest BCUT2D eigenvalue weighted by molar-refractivity contribution is -0.121. The van der Waals surface area contributed by atoms with Crippen LogP contribution in [0.4, 0.5) is 0 Å². The molecule has 1 unspecified atom stereocenters. The molecule has 1 atom stereocenters. The SMILES string of the molecule is CCCCNC(=O)CC(c1ccc(C)cc1)c1cn(C)c2ccccc12. The predicted molar refractivity (Wildman–Crippen MR) is 108 cm³/mol. The molecule has 3 rings (SSSR count). The number of hydrogen-bond donors (Lipinski definition) is 1. The summed E-state index contributed by atoms with van der Waals surface area (Å²) in [5.41, 5.74) is 4.85. The van der Waals surface area contributed by atoms with Gasteiger partial charge in [0.05, 0.1) is 0 Å². The molecular weight excluding hydrogens is 320 g/mol. The highest BCUT2D eigenvalue weighted by atomic mass is 16.1. The lowest BCUT2D eigenvalue weighted by Crippen LogP contribution is -2.26. The van der Waals surface area contributed by atoms with Gasteiger partial charge in [0.15, 0.2) is 0 Å². The molecule has 136 valence electrons. The average Bonchev–Trinajstić information content (AvgIpc) is 2.98. The second-order valence-electron chi connectivity index (χ2n) is 7.08. The Hall–Kier alpha value is -2.55. The summed E-state index contributed by atoms with van der Waals surface area (Å²) in [4.78, 5) is 12.6. The maximum absolute atomic E-state index is 12.6. The quantitative estimate of drug-likeness (QED) is 0.604. The van der Waals surface area contributed by atoms with E-state index >= 15 is 0 Å². The van der Waals surface area contributed by atoms with Gasteiger partial charge in [-0.05, 0) is 30.5 Å². The summed E-state index contributed by atoms with van der Waals surface area (Å²) in [6, 6.07) is 17.0. The zero-order valence-corrected chi connectivity index (χ0v) is 16.0. The molecule has 0 bridgehead atoms. The molecule has 0 saturated heterocycles. The van der Waals surface area contributed by atoms with E-state index in [-0.39, 0.29) is 11.8 Å². The van der Waals surface area contributed by atoms with Gasteiger partial charge < -0.3 is 9.88 Å². The highest BCUT2D eigenvalue weighted by Crippen LogP contribution is 2.34. The lowest BCUT2D eigenvalue weighted by Gasteiger charge is -2.17. The lowest BCUT2D eigenvalue weighted by atomic mass is 9.87. The maximum atomic E-state index is 12.6. The summed E-state index contributed by atoms with van der Waals surface area (Å²) in [5, 5.41) is 4.30. The molecule has 1 amide bonds. The predicted octanol–water partition coefficient (Wildman–Crippen LogP) is 4.93. The standard InChI is InChI=1S/C23H28N2O/c1-4-5-14-24-23(26)15-20(18-12-10-17(2)11-13-18)21-16-25(3)22-9-7-6-8-19(21)22/h6-13,16,20H,4-5,14-15H2,1-3H3,(H,24,26). The summed E-state index contributed by atoms with van der Waals surface area (Å²) in [6.07, 6.45) is 4.76. The molecule has 1 aromatic heterocycles. The highest BCUT2D eigenvalue weighted by Gasteiger charge is 2.22. The van der Waals surface area contributed by atoms with E-state index in [1.807, 2.05) is 0 Å². The number of aromatic nitrogens is 1. The van der Waals surface area contributed by atoms with Crippen LogP contribution in [-0.4, -0.2) is 17.0 Å². The van der Waals surface area contributed by atoms with Crippen LogP contribution in [0, 0.1) is 6.92 Å². The van der Waals surface area contributed by atoms with Crippen molar-refractivity contribution < 1.29 is 4.79 Å². The molecule has 3 nitrogen and oxygen atoms in total. The van der Waals surface area contributed by atoms with E-state index in [0.717, 1.165) is 19.4 Å². The summed E-state index contributed by atoms with van der Waals surface area (Å²) in [5.74, 6) is 0.181. The Morgan fingerprint density at radius 1 is 1.12 bits per heavy atom. The van der Waals surface area contributed by atoms with Crippen molar-refractivity contribution in [2.75, 3.05) is 6.54 Å². The van der Waals surface area contributed by atoms with Crippen LogP contribution >= 0.6 is 0 Å². The number of benzene rings is 2. The molecule has 0 aliphatic carbocycles. The molecule has 0 spiro atoms. The molecule has 1 heterocycles. The zero-order valence-electron chi connectivity index (χ0n) is 16.0. The number of para-hydroxylation sites is 1. The Bertz CT molecular complexity index is 877. The van der Waals surface area contributed by atoms with Crippen molar-refractivity contribution in [2.24, 2.45) is 7.05 Å². The van der Waals surface area contributed by atoms with Crippen molar-refractivity contribution >= 4 is 16.8 Å². The minimum Gasteiger partial charge on any atom is -0.356 e. The van der Waals surface area contributed by atoms with E-state index in [1.165, 1.54) is 27.6 Å². The van der Waals surface area contributed by atoms with Crippen molar-refractivity contribution in [1.29, 1.82) is 0 Å². The van der Waals surface area contributed by atoms with Crippen LogP contribution in [0.5, 0.6) is 0 Å². The summed E-state index contributed by atoms with van der Waals surface area (Å²) in [7, 11) is 2.07. The second kappa shape index (κ2) is 8.22. The normalized spacial score (nSPS) is 12.3. The molecule has 3 heteroatoms. The van der Waals surface area contributed by atoms with Crippen LogP contribution in [-0.2, 0) is 11.8 Å². The molecule has 0 fully saturated rings. The first-order chi connectivity index (χ1) is 12.6. The summed E-state index contributed by atoms with van der Waals surface area (Å²) < 4.78 is 2.15. The number of unbranched alkanes of at least 4 members (excludes halogenated alkanes) is 1. The third-order valence-electron chi connectivity index (χ3n) is 5.02. The minimum atomic E-state index is 0.0586. The Balaban J connectivity index is 1.97. The van der Waals surface area contributed by atoms with Crippen LogP contribution in [0.2, 0.25) is 0 Å². The fourth-order valence-corrected chi connectivity index (χ4v) is 3.52. The minimum absolute atomic E-state index is 0.0586. The number of nitrogens with zero attached hydrogens (tertiary/aromatic N) is 1. The van der Waals surface area contributed by atoms with E-state index in [9.17, 15) is 4.79 Å². The van der Waals surface area contributed by atoms with Gasteiger partial charge in [0.25, 0.3) is 0 Å². The number of carbonyl (C=O) groups excluding carboxylic acids is 1. The number of rotatable bonds is 7. The van der Waals surface area contributed by atoms with E-state index in [2.05, 4.69) is 85.5 Å². The van der Waals surface area contributed by atoms with Crippen LogP contribution in [0.3, 0.4) is 0 Å². The van der Waals surface area contributed by atoms with Crippen molar-refractivity contribution in [3.05, 3.63) is 71.4 Å². The molecule has 3 aromatic rings. The largest absolute Gasteiger partial charge is 0.356 e. The fourth-order valence-electron chi connectivity index (χ4n) is 3.52. The van der Waals surface area contributed by atoms with Gasteiger partial charge >= 0.3 is 0 Å². The van der Waals surface area contributed by atoms with Crippen LogP contribution in [0.25, 0.3) is 10.9 Å². The van der Waals surface area contributed by atoms with Crippen molar-refractivity contribution in [2.45, 2.75) is 39.0 Å². The molecule has 0 saturated carbocycles. The molecule has 1 N–H and O–H groups in total. The Morgan fingerprint density at radius 3 is 2.58 bits per heavy atom. The van der Waals surface area contributed by atoms with E-state index in [1.54, 1.807) is 0 Å². The average molecular weight is 348 g/mol. The van der Waals surface area contributed by atoms with E-state index < -0.39 is 0 Å². The fraction of sp³-hybridized carbons (Fsp3) is 0.348. The van der Waals surface area contributed by atoms with Gasteiger partial charge in [-0.3, -0.25) is 4.79 Å². The van der Waals surface area contributed by atoms with Crippen LogP contribution in [0.1, 0.15) is 48.8 Å². The Labute approximate surface area is 156 Å². The first-order valence-electron chi connectivity index (χ1n) is 9.47. The monoisotopic (exact) mass is 348 g/mol. The topological polar surface area (TPSA) is 34.0 Å². The highest BCUT2D eigenvalue weighted by molar-refractivity contribution is 5.86. The van der Waals surface area contributed by atoms with Crippen molar-refractivity contribution in [1.82, 2.24) is 9.88 Å². The van der Waals surface area contributed by atoms with Gasteiger partial charge in [0, 0.05) is 43.0 Å². The number of hydrogen-bond acceptors (Lipinski definition) is 1. The number of aryl methyl sites for hydroxylation is 2. The van der Waals surface area contributed by atoms with E-state index in [0.29, 0.717) is 6.42 Å². The number of amides is 1. The van der Waals surface area contributed by atoms with Gasteiger partial charge in [-0.15, -0.1) is 0 Å². The maximum Gasteiger partial charge on any atom is 0.220 e. The third-order valence-corrected chi connectivity index (χ3v) is 5.02. The zero-order chi connectivity index (χ0) is 18.5. The van der Waals surface area contributed by atoms with Gasteiger partial charge in [-0.25, -0.2) is 0 Å². The number of fused-ring (bicyclic) bond motifs is 1. The molecule has 0 aliphatic rings. The first-order valence-corrected chi connectivity index (χ1v) is 9.47. The Kier molecular flexibility index (Phi) is 5.77. The first kappa shape index (κ1) is 18.2. The second-order valence-corrected chi connectivity index (χ2v) is 7.08. The number of carbonyl (C=O) groups is 1. The van der Waals surface area contributed by atoms with Crippen LogP contribution in [0.15, 0.2) is 54.7 Å². The molecule has 26 heavy (non-hydrogen) atoms. The van der Waals surface area contributed by atoms with Crippen molar-refractivity contribution in [3.8, 4) is 0 Å². The third kappa shape index (κ3) is 3.98. The van der Waals surface area contributed by atoms with Crippen molar-refractivity contribution in [3.63, 3.8) is 0 Å². The number of nitrogens with one attached hydrogen (secondary N) is 1. The smallest absolute Gasteiger partial charge is 0.220 e.